The molecule has 3 rings (SSSR count). The number of rotatable bonds is 5. The van der Waals surface area contributed by atoms with E-state index in [-0.39, 0.29) is 30.1 Å². The normalized spacial score (nSPS) is 14.0. The van der Waals surface area contributed by atoms with Crippen LogP contribution >= 0.6 is 0 Å². The number of hydrogen-bond donors (Lipinski definition) is 1. The van der Waals surface area contributed by atoms with Crippen molar-refractivity contribution >= 4 is 17.5 Å². The fourth-order valence-electron chi connectivity index (χ4n) is 3.24. The van der Waals surface area contributed by atoms with Gasteiger partial charge in [-0.15, -0.1) is 0 Å². The Morgan fingerprint density at radius 3 is 2.64 bits per heavy atom. The topological polar surface area (TPSA) is 49.4 Å². The molecule has 1 atom stereocenters. The predicted molar refractivity (Wildman–Crippen MR) is 94.7 cm³/mol. The highest BCUT2D eigenvalue weighted by molar-refractivity contribution is 5.99. The lowest BCUT2D eigenvalue weighted by Crippen LogP contribution is -2.34. The number of anilines is 1. The van der Waals surface area contributed by atoms with E-state index in [1.807, 2.05) is 32.0 Å². The quantitative estimate of drug-likeness (QED) is 0.906. The third kappa shape index (κ3) is 3.71. The van der Waals surface area contributed by atoms with Crippen LogP contribution < -0.4 is 5.32 Å². The first-order valence-corrected chi connectivity index (χ1v) is 8.44. The Kier molecular flexibility index (Phi) is 4.83. The minimum absolute atomic E-state index is 0.00333. The second kappa shape index (κ2) is 7.05. The molecular weight excluding hydrogens is 319 g/mol. The van der Waals surface area contributed by atoms with Crippen molar-refractivity contribution in [2.45, 2.75) is 32.7 Å². The van der Waals surface area contributed by atoms with Gasteiger partial charge in [-0.25, -0.2) is 4.39 Å². The molecule has 0 fully saturated rings. The molecule has 0 saturated heterocycles. The highest BCUT2D eigenvalue weighted by Gasteiger charge is 2.22. The monoisotopic (exact) mass is 340 g/mol. The number of carbonyl (C=O) groups excluding carboxylic acids is 2. The van der Waals surface area contributed by atoms with E-state index in [9.17, 15) is 14.0 Å². The lowest BCUT2D eigenvalue weighted by molar-refractivity contribution is -0.132. The van der Waals surface area contributed by atoms with Gasteiger partial charge in [0.05, 0.1) is 18.9 Å². The van der Waals surface area contributed by atoms with Crippen molar-refractivity contribution in [1.29, 1.82) is 0 Å². The molecule has 4 nitrogen and oxygen atoms in total. The summed E-state index contributed by atoms with van der Waals surface area (Å²) in [4.78, 5) is 26.0. The molecule has 2 amide bonds. The van der Waals surface area contributed by atoms with E-state index in [1.165, 1.54) is 12.1 Å². The van der Waals surface area contributed by atoms with Crippen LogP contribution in [0.2, 0.25) is 0 Å². The lowest BCUT2D eigenvalue weighted by atomic mass is 10.0. The van der Waals surface area contributed by atoms with Crippen LogP contribution in [0.4, 0.5) is 10.1 Å². The smallest absolute Gasteiger partial charge is 0.228 e. The van der Waals surface area contributed by atoms with E-state index in [0.29, 0.717) is 13.0 Å². The van der Waals surface area contributed by atoms with Crippen molar-refractivity contribution in [3.05, 3.63) is 65.0 Å². The van der Waals surface area contributed by atoms with Crippen LogP contribution in [-0.2, 0) is 22.4 Å². The van der Waals surface area contributed by atoms with E-state index in [1.54, 1.807) is 17.0 Å². The molecule has 130 valence electrons. The van der Waals surface area contributed by atoms with Crippen LogP contribution in [0.15, 0.2) is 42.5 Å². The Morgan fingerprint density at radius 2 is 1.96 bits per heavy atom. The molecule has 25 heavy (non-hydrogen) atoms. The number of benzene rings is 2. The van der Waals surface area contributed by atoms with Gasteiger partial charge in [0.2, 0.25) is 11.8 Å². The van der Waals surface area contributed by atoms with Gasteiger partial charge in [-0.05, 0) is 48.7 Å². The second-order valence-corrected chi connectivity index (χ2v) is 6.30. The molecule has 0 bridgehead atoms. The molecular formula is C20H21FN2O2. The van der Waals surface area contributed by atoms with E-state index in [2.05, 4.69) is 5.32 Å². The molecule has 1 aliphatic heterocycles. The van der Waals surface area contributed by atoms with Gasteiger partial charge in [0, 0.05) is 12.2 Å². The van der Waals surface area contributed by atoms with E-state index < -0.39 is 0 Å². The summed E-state index contributed by atoms with van der Waals surface area (Å²) in [6.45, 7) is 4.44. The zero-order chi connectivity index (χ0) is 18.0. The third-order valence-corrected chi connectivity index (χ3v) is 4.64. The van der Waals surface area contributed by atoms with Gasteiger partial charge in [-0.2, -0.15) is 0 Å². The molecule has 1 heterocycles. The summed E-state index contributed by atoms with van der Waals surface area (Å²) in [6.07, 6.45) is 0.661. The van der Waals surface area contributed by atoms with Crippen molar-refractivity contribution in [1.82, 2.24) is 4.90 Å². The number of amides is 2. The van der Waals surface area contributed by atoms with Crippen LogP contribution in [0.3, 0.4) is 0 Å². The van der Waals surface area contributed by atoms with Crippen LogP contribution in [0.25, 0.3) is 0 Å². The largest absolute Gasteiger partial charge is 0.336 e. The zero-order valence-corrected chi connectivity index (χ0v) is 14.4. The van der Waals surface area contributed by atoms with Crippen molar-refractivity contribution in [3.63, 3.8) is 0 Å². The first-order valence-electron chi connectivity index (χ1n) is 8.44. The maximum absolute atomic E-state index is 13.1. The van der Waals surface area contributed by atoms with Crippen LogP contribution in [0.5, 0.6) is 0 Å². The Morgan fingerprint density at radius 1 is 1.24 bits per heavy atom. The van der Waals surface area contributed by atoms with E-state index in [4.69, 9.17) is 0 Å². The van der Waals surface area contributed by atoms with Gasteiger partial charge in [0.1, 0.15) is 5.82 Å². The minimum Gasteiger partial charge on any atom is -0.336 e. The Balaban J connectivity index is 1.73. The highest BCUT2D eigenvalue weighted by atomic mass is 19.1. The number of nitrogens with zero attached hydrogens (tertiary/aromatic N) is 1. The fraction of sp³-hybridized carbons (Fsp3) is 0.300. The number of halogens is 1. The molecule has 2 aromatic rings. The molecule has 5 heteroatoms. The molecule has 0 saturated carbocycles. The molecule has 0 radical (unpaired) electrons. The highest BCUT2D eigenvalue weighted by Crippen LogP contribution is 2.26. The Labute approximate surface area is 146 Å². The molecule has 0 aromatic heterocycles. The summed E-state index contributed by atoms with van der Waals surface area (Å²) in [5, 5.41) is 2.81. The summed E-state index contributed by atoms with van der Waals surface area (Å²) in [5.41, 5.74) is 3.53. The van der Waals surface area contributed by atoms with Crippen molar-refractivity contribution in [2.24, 2.45) is 0 Å². The van der Waals surface area contributed by atoms with Crippen molar-refractivity contribution < 1.29 is 14.0 Å². The SMILES string of the molecule is CCN(C(=O)Cc1ccc2c(c1)NC(=O)C2)[C@@H](C)c1ccc(F)cc1. The first-order chi connectivity index (χ1) is 12.0. The summed E-state index contributed by atoms with van der Waals surface area (Å²) >= 11 is 0. The second-order valence-electron chi connectivity index (χ2n) is 6.30. The van der Waals surface area contributed by atoms with Crippen LogP contribution in [0.1, 0.15) is 36.6 Å². The number of carbonyl (C=O) groups is 2. The molecule has 0 spiro atoms. The number of nitrogens with one attached hydrogen (secondary N) is 1. The Bertz CT molecular complexity index is 802. The maximum atomic E-state index is 13.1. The van der Waals surface area contributed by atoms with Gasteiger partial charge >= 0.3 is 0 Å². The predicted octanol–water partition coefficient (Wildman–Crippen LogP) is 3.47. The van der Waals surface area contributed by atoms with E-state index in [0.717, 1.165) is 22.4 Å². The number of fused-ring (bicyclic) bond motifs is 1. The first kappa shape index (κ1) is 17.1. The van der Waals surface area contributed by atoms with Gasteiger partial charge in [-0.3, -0.25) is 9.59 Å². The molecule has 0 aliphatic carbocycles. The fourth-order valence-corrected chi connectivity index (χ4v) is 3.24. The molecule has 1 aliphatic rings. The lowest BCUT2D eigenvalue weighted by Gasteiger charge is -2.28. The minimum atomic E-state index is -0.287. The zero-order valence-electron chi connectivity index (χ0n) is 14.4. The third-order valence-electron chi connectivity index (χ3n) is 4.64. The van der Waals surface area contributed by atoms with E-state index >= 15 is 0 Å². The molecule has 0 unspecified atom stereocenters. The van der Waals surface area contributed by atoms with Crippen LogP contribution in [0, 0.1) is 5.82 Å². The summed E-state index contributed by atoms with van der Waals surface area (Å²) in [7, 11) is 0. The average molecular weight is 340 g/mol. The summed E-state index contributed by atoms with van der Waals surface area (Å²) < 4.78 is 13.1. The summed E-state index contributed by atoms with van der Waals surface area (Å²) in [5.74, 6) is -0.298. The molecule has 1 N–H and O–H groups in total. The van der Waals surface area contributed by atoms with Gasteiger partial charge < -0.3 is 10.2 Å². The van der Waals surface area contributed by atoms with Gasteiger partial charge in [-0.1, -0.05) is 24.3 Å². The van der Waals surface area contributed by atoms with Gasteiger partial charge in [0.25, 0.3) is 0 Å². The Hall–Kier alpha value is -2.69. The maximum Gasteiger partial charge on any atom is 0.228 e. The van der Waals surface area contributed by atoms with Crippen molar-refractivity contribution in [3.8, 4) is 0 Å². The average Bonchev–Trinajstić information content (AvgIpc) is 2.95. The van der Waals surface area contributed by atoms with Gasteiger partial charge in [0.15, 0.2) is 0 Å². The number of likely N-dealkylation sites (N-methyl/N-ethyl adjacent to an activating group) is 1. The van der Waals surface area contributed by atoms with Crippen molar-refractivity contribution in [2.75, 3.05) is 11.9 Å². The number of hydrogen-bond acceptors (Lipinski definition) is 2. The molecule has 2 aromatic carbocycles. The summed E-state index contributed by atoms with van der Waals surface area (Å²) in [6, 6.07) is 11.8. The standard InChI is InChI=1S/C20H21FN2O2/c1-3-23(13(2)15-6-8-17(21)9-7-15)20(25)11-14-4-5-16-12-19(24)22-18(16)10-14/h4-10,13H,3,11-12H2,1-2H3,(H,22,24)/t13-/m0/s1. The van der Waals surface area contributed by atoms with Crippen LogP contribution in [-0.4, -0.2) is 23.3 Å².